The van der Waals surface area contributed by atoms with Gasteiger partial charge in [0.25, 0.3) is 17.4 Å². The molecule has 5 rings (SSSR count). The van der Waals surface area contributed by atoms with Crippen molar-refractivity contribution in [3.63, 3.8) is 0 Å². The molecule has 2 aliphatic rings. The first kappa shape index (κ1) is 20.7. The molecular formula is C22H24N6O3S. The van der Waals surface area contributed by atoms with Gasteiger partial charge in [0.05, 0.1) is 16.5 Å². The molecule has 2 amide bonds. The SMILES string of the molecule is Cc1c(C(=O)N2CCN(C(=O)c3cnccn3)CC2)sc2nc3n(c(=O)c12)CCCCC3. The van der Waals surface area contributed by atoms with Crippen molar-refractivity contribution in [2.75, 3.05) is 26.2 Å². The van der Waals surface area contributed by atoms with E-state index in [1.165, 1.54) is 29.9 Å². The van der Waals surface area contributed by atoms with Gasteiger partial charge in [-0.2, -0.15) is 0 Å². The number of thiophene rings is 1. The first-order valence-electron chi connectivity index (χ1n) is 10.9. The van der Waals surface area contributed by atoms with E-state index in [0.29, 0.717) is 59.1 Å². The zero-order valence-corrected chi connectivity index (χ0v) is 18.7. The van der Waals surface area contributed by atoms with Crippen LogP contribution in [0.1, 0.15) is 50.8 Å². The number of carbonyl (C=O) groups is 2. The van der Waals surface area contributed by atoms with Crippen LogP contribution < -0.4 is 5.56 Å². The molecule has 3 aromatic rings. The fourth-order valence-corrected chi connectivity index (χ4v) is 5.60. The fraction of sp³-hybridized carbons (Fsp3) is 0.455. The number of amides is 2. The average molecular weight is 453 g/mol. The molecule has 10 heteroatoms. The highest BCUT2D eigenvalue weighted by Gasteiger charge is 2.29. The summed E-state index contributed by atoms with van der Waals surface area (Å²) in [7, 11) is 0. The van der Waals surface area contributed by atoms with Gasteiger partial charge >= 0.3 is 0 Å². The third-order valence-electron chi connectivity index (χ3n) is 6.24. The summed E-state index contributed by atoms with van der Waals surface area (Å²) in [5.74, 6) is 0.551. The largest absolute Gasteiger partial charge is 0.334 e. The highest BCUT2D eigenvalue weighted by Crippen LogP contribution is 2.29. The summed E-state index contributed by atoms with van der Waals surface area (Å²) in [5.41, 5.74) is 0.989. The molecule has 166 valence electrons. The standard InChI is InChI=1S/C22H24N6O3S/c1-14-17-19(25-16-5-3-2-4-8-28(16)21(17)30)32-18(14)22(31)27-11-9-26(10-12-27)20(29)15-13-23-6-7-24-15/h6-7,13H,2-5,8-12H2,1H3. The lowest BCUT2D eigenvalue weighted by Gasteiger charge is -2.34. The van der Waals surface area contributed by atoms with E-state index in [-0.39, 0.29) is 17.4 Å². The quantitative estimate of drug-likeness (QED) is 0.588. The second-order valence-corrected chi connectivity index (χ2v) is 9.21. The summed E-state index contributed by atoms with van der Waals surface area (Å²) >= 11 is 1.31. The predicted molar refractivity (Wildman–Crippen MR) is 120 cm³/mol. The van der Waals surface area contributed by atoms with Gasteiger partial charge in [0.1, 0.15) is 16.3 Å². The second kappa shape index (κ2) is 8.42. The van der Waals surface area contributed by atoms with Crippen LogP contribution in [0, 0.1) is 6.92 Å². The van der Waals surface area contributed by atoms with E-state index in [9.17, 15) is 14.4 Å². The maximum absolute atomic E-state index is 13.3. The van der Waals surface area contributed by atoms with Crippen molar-refractivity contribution >= 4 is 33.4 Å². The molecule has 0 spiro atoms. The maximum atomic E-state index is 13.3. The number of rotatable bonds is 2. The number of nitrogens with zero attached hydrogens (tertiary/aromatic N) is 6. The summed E-state index contributed by atoms with van der Waals surface area (Å²) in [6.45, 7) is 4.26. The van der Waals surface area contributed by atoms with Gasteiger partial charge in [0.2, 0.25) is 0 Å². The van der Waals surface area contributed by atoms with Gasteiger partial charge in [-0.1, -0.05) is 6.42 Å². The lowest BCUT2D eigenvalue weighted by atomic mass is 10.2. The number of aryl methyl sites for hydroxylation is 2. The van der Waals surface area contributed by atoms with Crippen molar-refractivity contribution in [1.29, 1.82) is 0 Å². The Labute approximate surface area is 188 Å². The second-order valence-electron chi connectivity index (χ2n) is 8.21. The van der Waals surface area contributed by atoms with E-state index in [0.717, 1.165) is 31.5 Å². The molecule has 0 aliphatic carbocycles. The molecule has 1 fully saturated rings. The molecular weight excluding hydrogens is 428 g/mol. The number of piperazine rings is 1. The molecule has 0 atom stereocenters. The minimum Gasteiger partial charge on any atom is -0.334 e. The predicted octanol–water partition coefficient (Wildman–Crippen LogP) is 1.88. The third kappa shape index (κ3) is 3.58. The van der Waals surface area contributed by atoms with Crippen LogP contribution in [0.25, 0.3) is 10.2 Å². The Bertz CT molecular complexity index is 1240. The van der Waals surface area contributed by atoms with E-state index in [1.807, 2.05) is 6.92 Å². The monoisotopic (exact) mass is 452 g/mol. The lowest BCUT2D eigenvalue weighted by molar-refractivity contribution is 0.0534. The van der Waals surface area contributed by atoms with Gasteiger partial charge in [-0.25, -0.2) is 9.97 Å². The number of hydrogen-bond donors (Lipinski definition) is 0. The number of hydrogen-bond acceptors (Lipinski definition) is 7. The first-order valence-corrected chi connectivity index (χ1v) is 11.7. The van der Waals surface area contributed by atoms with Gasteiger partial charge in [0, 0.05) is 51.5 Å². The van der Waals surface area contributed by atoms with Crippen LogP contribution in [0.4, 0.5) is 0 Å². The van der Waals surface area contributed by atoms with Crippen molar-refractivity contribution in [2.45, 2.75) is 39.2 Å². The Balaban J connectivity index is 1.37. The molecule has 0 aromatic carbocycles. The molecule has 2 aliphatic heterocycles. The molecule has 5 heterocycles. The summed E-state index contributed by atoms with van der Waals surface area (Å²) in [6.07, 6.45) is 8.39. The highest BCUT2D eigenvalue weighted by atomic mass is 32.1. The van der Waals surface area contributed by atoms with Crippen LogP contribution in [-0.4, -0.2) is 67.3 Å². The van der Waals surface area contributed by atoms with Crippen LogP contribution in [0.2, 0.25) is 0 Å². The van der Waals surface area contributed by atoms with Crippen molar-refractivity contribution in [1.82, 2.24) is 29.3 Å². The molecule has 9 nitrogen and oxygen atoms in total. The summed E-state index contributed by atoms with van der Waals surface area (Å²) < 4.78 is 1.79. The Morgan fingerprint density at radius 2 is 1.72 bits per heavy atom. The van der Waals surface area contributed by atoms with Crippen LogP contribution >= 0.6 is 11.3 Å². The van der Waals surface area contributed by atoms with Crippen molar-refractivity contribution in [2.24, 2.45) is 0 Å². The van der Waals surface area contributed by atoms with E-state index in [1.54, 1.807) is 14.4 Å². The topological polar surface area (TPSA) is 101 Å². The Morgan fingerprint density at radius 1 is 0.969 bits per heavy atom. The van der Waals surface area contributed by atoms with E-state index < -0.39 is 0 Å². The minimum absolute atomic E-state index is 0.0286. The molecule has 3 aromatic heterocycles. The fourth-order valence-electron chi connectivity index (χ4n) is 4.44. The zero-order chi connectivity index (χ0) is 22.2. The highest BCUT2D eigenvalue weighted by molar-refractivity contribution is 7.20. The normalized spacial score (nSPS) is 16.7. The molecule has 0 N–H and O–H groups in total. The summed E-state index contributed by atoms with van der Waals surface area (Å²) in [5, 5.41) is 0.570. The third-order valence-corrected chi connectivity index (χ3v) is 7.42. The van der Waals surface area contributed by atoms with Crippen molar-refractivity contribution in [3.05, 3.63) is 50.9 Å². The van der Waals surface area contributed by atoms with Gasteiger partial charge < -0.3 is 9.80 Å². The summed E-state index contributed by atoms with van der Waals surface area (Å²) in [4.78, 5) is 56.5. The minimum atomic E-state index is -0.179. The number of aromatic nitrogens is 4. The molecule has 0 bridgehead atoms. The summed E-state index contributed by atoms with van der Waals surface area (Å²) in [6, 6.07) is 0. The lowest BCUT2D eigenvalue weighted by Crippen LogP contribution is -2.50. The van der Waals surface area contributed by atoms with Gasteiger partial charge in [-0.15, -0.1) is 11.3 Å². The Hall–Kier alpha value is -3.14. The van der Waals surface area contributed by atoms with Crippen molar-refractivity contribution < 1.29 is 9.59 Å². The van der Waals surface area contributed by atoms with Crippen LogP contribution in [0.15, 0.2) is 23.4 Å². The number of fused-ring (bicyclic) bond motifs is 2. The van der Waals surface area contributed by atoms with Crippen LogP contribution in [0.5, 0.6) is 0 Å². The molecule has 0 unspecified atom stereocenters. The molecule has 1 saturated heterocycles. The van der Waals surface area contributed by atoms with E-state index in [2.05, 4.69) is 9.97 Å². The molecule has 0 saturated carbocycles. The zero-order valence-electron chi connectivity index (χ0n) is 17.9. The van der Waals surface area contributed by atoms with Gasteiger partial charge in [-0.3, -0.25) is 23.9 Å². The smallest absolute Gasteiger partial charge is 0.274 e. The average Bonchev–Trinajstić information content (AvgIpc) is 2.99. The van der Waals surface area contributed by atoms with Gasteiger partial charge in [0.15, 0.2) is 0 Å². The number of carbonyl (C=O) groups excluding carboxylic acids is 2. The van der Waals surface area contributed by atoms with E-state index >= 15 is 0 Å². The van der Waals surface area contributed by atoms with Gasteiger partial charge in [-0.05, 0) is 25.3 Å². The van der Waals surface area contributed by atoms with E-state index in [4.69, 9.17) is 4.98 Å². The maximum Gasteiger partial charge on any atom is 0.274 e. The van der Waals surface area contributed by atoms with Crippen LogP contribution in [-0.2, 0) is 13.0 Å². The Kier molecular flexibility index (Phi) is 5.46. The van der Waals surface area contributed by atoms with Crippen molar-refractivity contribution in [3.8, 4) is 0 Å². The molecule has 32 heavy (non-hydrogen) atoms. The van der Waals surface area contributed by atoms with Crippen LogP contribution in [0.3, 0.4) is 0 Å². The first-order chi connectivity index (χ1) is 15.5. The molecule has 0 radical (unpaired) electrons. The Morgan fingerprint density at radius 3 is 2.44 bits per heavy atom.